The first-order valence-electron chi connectivity index (χ1n) is 7.03. The van der Waals surface area contributed by atoms with Gasteiger partial charge >= 0.3 is 5.97 Å². The molecule has 3 N–H and O–H groups in total. The van der Waals surface area contributed by atoms with Crippen molar-refractivity contribution in [3.8, 4) is 0 Å². The van der Waals surface area contributed by atoms with Crippen molar-refractivity contribution >= 4 is 11.9 Å². The van der Waals surface area contributed by atoms with Crippen LogP contribution in [0.15, 0.2) is 0 Å². The Morgan fingerprint density at radius 3 is 2.21 bits per heavy atom. The van der Waals surface area contributed by atoms with Gasteiger partial charge in [-0.25, -0.2) is 5.84 Å². The Balaban J connectivity index is 4.44. The fourth-order valence-electron chi connectivity index (χ4n) is 2.05. The van der Waals surface area contributed by atoms with E-state index in [9.17, 15) is 9.59 Å². The Morgan fingerprint density at radius 2 is 1.79 bits per heavy atom. The predicted octanol–water partition coefficient (Wildman–Crippen LogP) is 2.26. The summed E-state index contributed by atoms with van der Waals surface area (Å²) in [7, 11) is 0. The fourth-order valence-corrected chi connectivity index (χ4v) is 2.05. The molecule has 19 heavy (non-hydrogen) atoms. The van der Waals surface area contributed by atoms with Crippen molar-refractivity contribution in [1.29, 1.82) is 0 Å². The molecule has 5 heteroatoms. The highest BCUT2D eigenvalue weighted by Crippen LogP contribution is 2.19. The number of amides is 1. The van der Waals surface area contributed by atoms with Crippen LogP contribution in [0, 0.1) is 17.8 Å². The minimum Gasteiger partial charge on any atom is -0.481 e. The molecule has 0 rings (SSSR count). The van der Waals surface area contributed by atoms with Gasteiger partial charge in [0.2, 0.25) is 5.91 Å². The highest BCUT2D eigenvalue weighted by molar-refractivity contribution is 5.75. The van der Waals surface area contributed by atoms with Crippen molar-refractivity contribution in [3.05, 3.63) is 0 Å². The lowest BCUT2D eigenvalue weighted by Crippen LogP contribution is -2.42. The molecule has 0 aliphatic carbocycles. The first kappa shape index (κ1) is 17.9. The van der Waals surface area contributed by atoms with Gasteiger partial charge in [0.15, 0.2) is 0 Å². The summed E-state index contributed by atoms with van der Waals surface area (Å²) in [5, 5.41) is 10.1. The highest BCUT2D eigenvalue weighted by atomic mass is 16.4. The largest absolute Gasteiger partial charge is 0.481 e. The van der Waals surface area contributed by atoms with E-state index in [1.807, 2.05) is 13.8 Å². The number of carboxylic acids is 1. The summed E-state index contributed by atoms with van der Waals surface area (Å²) < 4.78 is 0. The Labute approximate surface area is 116 Å². The topological polar surface area (TPSA) is 83.6 Å². The van der Waals surface area contributed by atoms with Crippen LogP contribution >= 0.6 is 0 Å². The van der Waals surface area contributed by atoms with Crippen LogP contribution in [-0.4, -0.2) is 28.5 Å². The lowest BCUT2D eigenvalue weighted by atomic mass is 9.91. The van der Waals surface area contributed by atoms with Crippen LogP contribution in [0.2, 0.25) is 0 Å². The number of nitrogens with two attached hydrogens (primary N) is 1. The number of nitrogens with zero attached hydrogens (tertiary/aromatic N) is 1. The van der Waals surface area contributed by atoms with Crippen LogP contribution in [0.4, 0.5) is 0 Å². The minimum atomic E-state index is -0.835. The normalized spacial score (nSPS) is 14.2. The molecular formula is C14H28N2O3. The summed E-state index contributed by atoms with van der Waals surface area (Å²) >= 11 is 0. The number of carbonyl (C=O) groups excluding carboxylic acids is 1. The standard InChI is InChI=1S/C14H28N2O3/c1-5-11(4)7-12(8-14(18)19)9-16(15)13(17)6-10(2)3/h10-12H,5-9,15H2,1-4H3,(H,18,19). The third kappa shape index (κ3) is 8.59. The number of carboxylic acid groups (broad SMARTS) is 1. The van der Waals surface area contributed by atoms with E-state index < -0.39 is 5.97 Å². The van der Waals surface area contributed by atoms with Gasteiger partial charge in [0.05, 0.1) is 0 Å². The van der Waals surface area contributed by atoms with E-state index in [4.69, 9.17) is 10.9 Å². The SMILES string of the molecule is CCC(C)CC(CC(=O)O)CN(N)C(=O)CC(C)C. The van der Waals surface area contributed by atoms with Crippen molar-refractivity contribution in [3.63, 3.8) is 0 Å². The number of aliphatic carboxylic acids is 1. The smallest absolute Gasteiger partial charge is 0.303 e. The molecule has 0 aliphatic rings. The molecule has 5 nitrogen and oxygen atoms in total. The number of hydrogen-bond acceptors (Lipinski definition) is 3. The zero-order valence-corrected chi connectivity index (χ0v) is 12.6. The summed E-state index contributed by atoms with van der Waals surface area (Å²) in [6, 6.07) is 0. The fraction of sp³-hybridized carbons (Fsp3) is 0.857. The Hall–Kier alpha value is -1.10. The van der Waals surface area contributed by atoms with Crippen molar-refractivity contribution in [2.45, 2.75) is 53.4 Å². The maximum absolute atomic E-state index is 11.8. The van der Waals surface area contributed by atoms with Gasteiger partial charge in [0.1, 0.15) is 0 Å². The molecular weight excluding hydrogens is 244 g/mol. The van der Waals surface area contributed by atoms with Gasteiger partial charge in [-0.3, -0.25) is 14.6 Å². The average molecular weight is 272 g/mol. The maximum Gasteiger partial charge on any atom is 0.303 e. The lowest BCUT2D eigenvalue weighted by molar-refractivity contribution is -0.140. The number of hydrogen-bond donors (Lipinski definition) is 2. The zero-order valence-electron chi connectivity index (χ0n) is 12.6. The number of hydrazine groups is 1. The van der Waals surface area contributed by atoms with Crippen molar-refractivity contribution in [1.82, 2.24) is 5.01 Å². The van der Waals surface area contributed by atoms with Gasteiger partial charge in [0, 0.05) is 19.4 Å². The van der Waals surface area contributed by atoms with Crippen LogP contribution in [0.25, 0.3) is 0 Å². The van der Waals surface area contributed by atoms with Crippen molar-refractivity contribution in [2.75, 3.05) is 6.54 Å². The van der Waals surface area contributed by atoms with Gasteiger partial charge in [-0.15, -0.1) is 0 Å². The molecule has 0 bridgehead atoms. The van der Waals surface area contributed by atoms with Gasteiger partial charge in [0.25, 0.3) is 0 Å². The van der Waals surface area contributed by atoms with Crippen LogP contribution in [0.1, 0.15) is 53.4 Å². The highest BCUT2D eigenvalue weighted by Gasteiger charge is 2.21. The number of rotatable bonds is 9. The van der Waals surface area contributed by atoms with Gasteiger partial charge < -0.3 is 5.11 Å². The molecule has 0 saturated carbocycles. The molecule has 0 aromatic carbocycles. The summed E-state index contributed by atoms with van der Waals surface area (Å²) in [5.41, 5.74) is 0. The van der Waals surface area contributed by atoms with Crippen LogP contribution < -0.4 is 5.84 Å². The first-order valence-corrected chi connectivity index (χ1v) is 7.03. The Kier molecular flexibility index (Phi) is 8.39. The van der Waals surface area contributed by atoms with E-state index in [0.717, 1.165) is 12.8 Å². The minimum absolute atomic E-state index is 0.0625. The molecule has 112 valence electrons. The van der Waals surface area contributed by atoms with Gasteiger partial charge in [-0.1, -0.05) is 34.1 Å². The molecule has 0 spiro atoms. The van der Waals surface area contributed by atoms with E-state index in [0.29, 0.717) is 18.9 Å². The van der Waals surface area contributed by atoms with Crippen LogP contribution in [0.5, 0.6) is 0 Å². The molecule has 1 amide bonds. The monoisotopic (exact) mass is 272 g/mol. The average Bonchev–Trinajstić information content (AvgIpc) is 2.26. The van der Waals surface area contributed by atoms with E-state index in [-0.39, 0.29) is 24.2 Å². The lowest BCUT2D eigenvalue weighted by Gasteiger charge is -2.25. The zero-order chi connectivity index (χ0) is 15.0. The quantitative estimate of drug-likeness (QED) is 0.383. The second-order valence-corrected chi connectivity index (χ2v) is 5.86. The molecule has 0 aromatic rings. The summed E-state index contributed by atoms with van der Waals surface area (Å²) in [6.07, 6.45) is 2.25. The van der Waals surface area contributed by atoms with Gasteiger partial charge in [-0.05, 0) is 24.2 Å². The summed E-state index contributed by atoms with van der Waals surface area (Å²) in [6.45, 7) is 8.40. The van der Waals surface area contributed by atoms with Crippen LogP contribution in [-0.2, 0) is 9.59 Å². The second-order valence-electron chi connectivity index (χ2n) is 5.86. The first-order chi connectivity index (χ1) is 8.76. The van der Waals surface area contributed by atoms with Crippen LogP contribution in [0.3, 0.4) is 0 Å². The molecule has 0 heterocycles. The molecule has 0 aliphatic heterocycles. The van der Waals surface area contributed by atoms with Gasteiger partial charge in [-0.2, -0.15) is 0 Å². The third-order valence-corrected chi connectivity index (χ3v) is 3.25. The van der Waals surface area contributed by atoms with E-state index in [2.05, 4.69) is 13.8 Å². The third-order valence-electron chi connectivity index (χ3n) is 3.25. The van der Waals surface area contributed by atoms with Crippen molar-refractivity contribution < 1.29 is 14.7 Å². The van der Waals surface area contributed by atoms with E-state index in [1.165, 1.54) is 5.01 Å². The summed E-state index contributed by atoms with van der Waals surface area (Å²) in [4.78, 5) is 22.6. The molecule has 0 aromatic heterocycles. The van der Waals surface area contributed by atoms with E-state index in [1.54, 1.807) is 0 Å². The number of carbonyl (C=O) groups is 2. The van der Waals surface area contributed by atoms with E-state index >= 15 is 0 Å². The predicted molar refractivity (Wildman–Crippen MR) is 75.2 cm³/mol. The Morgan fingerprint density at radius 1 is 1.21 bits per heavy atom. The van der Waals surface area contributed by atoms with Crippen molar-refractivity contribution in [2.24, 2.45) is 23.6 Å². The Bertz CT molecular complexity index is 292. The molecule has 0 saturated heterocycles. The molecule has 0 fully saturated rings. The molecule has 0 radical (unpaired) electrons. The molecule has 2 atom stereocenters. The second kappa shape index (κ2) is 8.91. The summed E-state index contributed by atoms with van der Waals surface area (Å²) in [5.74, 6) is 5.42. The molecule has 2 unspecified atom stereocenters. The maximum atomic E-state index is 11.8.